The van der Waals surface area contributed by atoms with Crippen molar-refractivity contribution in [1.29, 1.82) is 0 Å². The third-order valence-electron chi connectivity index (χ3n) is 3.15. The average Bonchev–Trinajstić information content (AvgIpc) is 2.51. The van der Waals surface area contributed by atoms with E-state index >= 15 is 0 Å². The number of benzene rings is 2. The van der Waals surface area contributed by atoms with Gasteiger partial charge in [0, 0.05) is 22.8 Å². The average molecular weight is 408 g/mol. The van der Waals surface area contributed by atoms with Crippen molar-refractivity contribution in [2.24, 2.45) is 5.73 Å². The van der Waals surface area contributed by atoms with Gasteiger partial charge in [-0.1, -0.05) is 30.3 Å². The van der Waals surface area contributed by atoms with Crippen LogP contribution in [-0.4, -0.2) is 4.98 Å². The molecule has 3 nitrogen and oxygen atoms in total. The summed E-state index contributed by atoms with van der Waals surface area (Å²) in [6, 6.07) is 14.0. The topological polar surface area (TPSA) is 48.1 Å². The molecule has 0 saturated heterocycles. The Morgan fingerprint density at radius 3 is 2.71 bits per heavy atom. The van der Waals surface area contributed by atoms with Crippen LogP contribution in [0.2, 0.25) is 0 Å². The standard InChI is InChI=1S/C16H12Br2N2O/c17-12-7-11(8-19)16(20-9-12)21-14-6-5-10-3-1-2-4-13(10)15(14)18/h1-7,9H,8,19H2. The fourth-order valence-corrected chi connectivity index (χ4v) is 3.06. The summed E-state index contributed by atoms with van der Waals surface area (Å²) in [4.78, 5) is 4.30. The molecule has 1 heterocycles. The van der Waals surface area contributed by atoms with Crippen LogP contribution in [0.25, 0.3) is 10.8 Å². The van der Waals surface area contributed by atoms with Crippen molar-refractivity contribution in [3.63, 3.8) is 0 Å². The molecule has 0 bridgehead atoms. The highest BCUT2D eigenvalue weighted by Crippen LogP contribution is 2.36. The maximum atomic E-state index is 5.94. The monoisotopic (exact) mass is 406 g/mol. The van der Waals surface area contributed by atoms with E-state index < -0.39 is 0 Å². The normalized spacial score (nSPS) is 10.8. The van der Waals surface area contributed by atoms with Gasteiger partial charge in [0.1, 0.15) is 5.75 Å². The zero-order valence-corrected chi connectivity index (χ0v) is 14.2. The molecule has 0 aliphatic rings. The predicted molar refractivity (Wildman–Crippen MR) is 91.6 cm³/mol. The molecule has 3 aromatic rings. The van der Waals surface area contributed by atoms with E-state index in [1.54, 1.807) is 6.20 Å². The van der Waals surface area contributed by atoms with Gasteiger partial charge in [-0.05, 0) is 54.8 Å². The summed E-state index contributed by atoms with van der Waals surface area (Å²) in [5.41, 5.74) is 6.60. The molecule has 0 aliphatic carbocycles. The van der Waals surface area contributed by atoms with Crippen molar-refractivity contribution >= 4 is 42.6 Å². The van der Waals surface area contributed by atoms with Crippen LogP contribution >= 0.6 is 31.9 Å². The summed E-state index contributed by atoms with van der Waals surface area (Å²) in [5.74, 6) is 1.25. The maximum absolute atomic E-state index is 5.94. The van der Waals surface area contributed by atoms with Crippen molar-refractivity contribution in [2.45, 2.75) is 6.54 Å². The first kappa shape index (κ1) is 14.5. The molecule has 2 N–H and O–H groups in total. The van der Waals surface area contributed by atoms with Crippen LogP contribution in [0.15, 0.2) is 57.6 Å². The van der Waals surface area contributed by atoms with E-state index in [1.165, 1.54) is 0 Å². The molecule has 106 valence electrons. The number of hydrogen-bond acceptors (Lipinski definition) is 3. The molecule has 3 rings (SSSR count). The predicted octanol–water partition coefficient (Wildman–Crippen LogP) is 5.01. The molecule has 0 radical (unpaired) electrons. The second-order valence-electron chi connectivity index (χ2n) is 4.52. The SMILES string of the molecule is NCc1cc(Br)cnc1Oc1ccc2ccccc2c1Br. The third-order valence-corrected chi connectivity index (χ3v) is 4.40. The summed E-state index contributed by atoms with van der Waals surface area (Å²) in [5, 5.41) is 2.25. The minimum atomic E-state index is 0.368. The lowest BCUT2D eigenvalue weighted by Crippen LogP contribution is -2.01. The Morgan fingerprint density at radius 1 is 1.10 bits per heavy atom. The van der Waals surface area contributed by atoms with Gasteiger partial charge in [0.15, 0.2) is 0 Å². The Labute approximate surface area is 139 Å². The summed E-state index contributed by atoms with van der Waals surface area (Å²) in [7, 11) is 0. The Kier molecular flexibility index (Phi) is 4.24. The maximum Gasteiger partial charge on any atom is 0.223 e. The number of nitrogens with zero attached hydrogens (tertiary/aromatic N) is 1. The van der Waals surface area contributed by atoms with Crippen molar-refractivity contribution < 1.29 is 4.74 Å². The van der Waals surface area contributed by atoms with Crippen molar-refractivity contribution in [2.75, 3.05) is 0 Å². The zero-order chi connectivity index (χ0) is 14.8. The quantitative estimate of drug-likeness (QED) is 0.663. The fourth-order valence-electron chi connectivity index (χ4n) is 2.10. The Morgan fingerprint density at radius 2 is 1.90 bits per heavy atom. The van der Waals surface area contributed by atoms with E-state index in [2.05, 4.69) is 42.9 Å². The zero-order valence-electron chi connectivity index (χ0n) is 11.0. The lowest BCUT2D eigenvalue weighted by molar-refractivity contribution is 0.454. The van der Waals surface area contributed by atoms with Gasteiger partial charge in [0.05, 0.1) is 4.47 Å². The Balaban J connectivity index is 2.04. The second kappa shape index (κ2) is 6.13. The smallest absolute Gasteiger partial charge is 0.223 e. The third kappa shape index (κ3) is 2.95. The van der Waals surface area contributed by atoms with Crippen molar-refractivity contribution in [3.05, 3.63) is 63.2 Å². The summed E-state index contributed by atoms with van der Waals surface area (Å²) in [6.07, 6.45) is 1.70. The molecule has 0 amide bonds. The van der Waals surface area contributed by atoms with Gasteiger partial charge in [0.25, 0.3) is 0 Å². The molecular weight excluding hydrogens is 396 g/mol. The molecule has 0 fully saturated rings. The number of aromatic nitrogens is 1. The molecule has 21 heavy (non-hydrogen) atoms. The lowest BCUT2D eigenvalue weighted by Gasteiger charge is -2.12. The number of rotatable bonds is 3. The summed E-state index contributed by atoms with van der Waals surface area (Å²) in [6.45, 7) is 0.368. The van der Waals surface area contributed by atoms with Crippen LogP contribution in [0.4, 0.5) is 0 Å². The van der Waals surface area contributed by atoms with Crippen molar-refractivity contribution in [3.8, 4) is 11.6 Å². The minimum Gasteiger partial charge on any atom is -0.437 e. The van der Waals surface area contributed by atoms with Gasteiger partial charge in [-0.3, -0.25) is 0 Å². The van der Waals surface area contributed by atoms with E-state index in [0.717, 1.165) is 31.0 Å². The summed E-state index contributed by atoms with van der Waals surface area (Å²) < 4.78 is 7.73. The van der Waals surface area contributed by atoms with Crippen LogP contribution in [0.5, 0.6) is 11.6 Å². The van der Waals surface area contributed by atoms with Gasteiger partial charge in [-0.15, -0.1) is 0 Å². The molecule has 0 unspecified atom stereocenters. The van der Waals surface area contributed by atoms with Crippen LogP contribution in [0.3, 0.4) is 0 Å². The first-order valence-corrected chi connectivity index (χ1v) is 7.97. The second-order valence-corrected chi connectivity index (χ2v) is 6.23. The van der Waals surface area contributed by atoms with Gasteiger partial charge < -0.3 is 10.5 Å². The Hall–Kier alpha value is -1.43. The largest absolute Gasteiger partial charge is 0.437 e. The fraction of sp³-hybridized carbons (Fsp3) is 0.0625. The molecule has 5 heteroatoms. The van der Waals surface area contributed by atoms with E-state index in [0.29, 0.717) is 12.4 Å². The van der Waals surface area contributed by atoms with E-state index in [-0.39, 0.29) is 0 Å². The molecule has 0 atom stereocenters. The number of pyridine rings is 1. The van der Waals surface area contributed by atoms with E-state index in [1.807, 2.05) is 36.4 Å². The summed E-state index contributed by atoms with van der Waals surface area (Å²) >= 11 is 6.99. The van der Waals surface area contributed by atoms with Crippen LogP contribution in [0, 0.1) is 0 Å². The molecular formula is C16H12Br2N2O. The van der Waals surface area contributed by atoms with Crippen molar-refractivity contribution in [1.82, 2.24) is 4.98 Å². The van der Waals surface area contributed by atoms with Gasteiger partial charge in [-0.25, -0.2) is 4.98 Å². The highest BCUT2D eigenvalue weighted by molar-refractivity contribution is 9.11. The number of ether oxygens (including phenoxy) is 1. The molecule has 1 aromatic heterocycles. The number of hydrogen-bond donors (Lipinski definition) is 1. The molecule has 0 aliphatic heterocycles. The Bertz CT molecular complexity index is 805. The van der Waals surface area contributed by atoms with Crippen LogP contribution < -0.4 is 10.5 Å². The highest BCUT2D eigenvalue weighted by atomic mass is 79.9. The first-order chi connectivity index (χ1) is 10.2. The first-order valence-electron chi connectivity index (χ1n) is 6.38. The van der Waals surface area contributed by atoms with Gasteiger partial charge in [-0.2, -0.15) is 0 Å². The van der Waals surface area contributed by atoms with Gasteiger partial charge in [0.2, 0.25) is 5.88 Å². The molecule has 2 aromatic carbocycles. The lowest BCUT2D eigenvalue weighted by atomic mass is 10.1. The van der Waals surface area contributed by atoms with Crippen LogP contribution in [-0.2, 0) is 6.54 Å². The van der Waals surface area contributed by atoms with Gasteiger partial charge >= 0.3 is 0 Å². The molecule has 0 saturated carbocycles. The number of nitrogens with two attached hydrogens (primary N) is 1. The minimum absolute atomic E-state index is 0.368. The van der Waals surface area contributed by atoms with E-state index in [4.69, 9.17) is 10.5 Å². The number of halogens is 2. The van der Waals surface area contributed by atoms with Crippen LogP contribution in [0.1, 0.15) is 5.56 Å². The highest BCUT2D eigenvalue weighted by Gasteiger charge is 2.11. The number of fused-ring (bicyclic) bond motifs is 1. The molecule has 0 spiro atoms. The van der Waals surface area contributed by atoms with E-state index in [9.17, 15) is 0 Å².